The molecule has 0 unspecified atom stereocenters. The molecule has 2 amide bonds. The number of anilines is 1. The zero-order chi connectivity index (χ0) is 28.9. The number of hydrogen-bond donors (Lipinski definition) is 2. The summed E-state index contributed by atoms with van der Waals surface area (Å²) in [5.41, 5.74) is 1.95. The maximum absolute atomic E-state index is 13.3. The largest absolute Gasteiger partial charge is 0.513 e. The topological polar surface area (TPSA) is 121 Å². The second-order valence-corrected chi connectivity index (χ2v) is 8.20. The molecule has 0 aliphatic carbocycles. The van der Waals surface area contributed by atoms with Crippen LogP contribution in [0.5, 0.6) is 23.0 Å². The van der Waals surface area contributed by atoms with Gasteiger partial charge in [-0.05, 0) is 75.7 Å². The monoisotopic (exact) mass is 550 g/mol. The van der Waals surface area contributed by atoms with E-state index in [0.717, 1.165) is 0 Å². The molecule has 0 aliphatic rings. The number of carbonyl (C=O) groups excluding carboxylic acids is 3. The van der Waals surface area contributed by atoms with Gasteiger partial charge in [0.1, 0.15) is 5.75 Å². The number of rotatable bonds is 13. The van der Waals surface area contributed by atoms with Gasteiger partial charge in [-0.15, -0.1) is 0 Å². The van der Waals surface area contributed by atoms with Crippen LogP contribution >= 0.6 is 0 Å². The fourth-order valence-electron chi connectivity index (χ4n) is 3.71. The van der Waals surface area contributed by atoms with Crippen LogP contribution in [0.15, 0.2) is 60.7 Å². The van der Waals surface area contributed by atoms with E-state index in [4.69, 9.17) is 23.7 Å². The predicted molar refractivity (Wildman–Crippen MR) is 150 cm³/mol. The fourth-order valence-corrected chi connectivity index (χ4v) is 3.71. The van der Waals surface area contributed by atoms with Crippen molar-refractivity contribution in [2.75, 3.05) is 31.7 Å². The van der Waals surface area contributed by atoms with Gasteiger partial charge in [0, 0.05) is 23.4 Å². The third-order valence-electron chi connectivity index (χ3n) is 5.46. The molecule has 0 aromatic heterocycles. The lowest BCUT2D eigenvalue weighted by molar-refractivity contribution is 0.0950. The van der Waals surface area contributed by atoms with Gasteiger partial charge in [0.2, 0.25) is 5.75 Å². The molecule has 40 heavy (non-hydrogen) atoms. The van der Waals surface area contributed by atoms with Gasteiger partial charge in [0.25, 0.3) is 11.8 Å². The zero-order valence-corrected chi connectivity index (χ0v) is 23.1. The Morgan fingerprint density at radius 2 is 1.32 bits per heavy atom. The van der Waals surface area contributed by atoms with Crippen LogP contribution in [0.3, 0.4) is 0 Å². The van der Waals surface area contributed by atoms with E-state index < -0.39 is 6.16 Å². The lowest BCUT2D eigenvalue weighted by Crippen LogP contribution is -2.24. The minimum atomic E-state index is -0.813. The van der Waals surface area contributed by atoms with Gasteiger partial charge in [0.05, 0.1) is 26.4 Å². The number of carbonyl (C=O) groups is 3. The predicted octanol–water partition coefficient (Wildman–Crippen LogP) is 5.60. The van der Waals surface area contributed by atoms with E-state index in [-0.39, 0.29) is 30.7 Å². The third-order valence-corrected chi connectivity index (χ3v) is 5.46. The van der Waals surface area contributed by atoms with Gasteiger partial charge in [-0.3, -0.25) is 9.59 Å². The van der Waals surface area contributed by atoms with Crippen molar-refractivity contribution in [3.63, 3.8) is 0 Å². The van der Waals surface area contributed by atoms with Crippen molar-refractivity contribution in [2.24, 2.45) is 0 Å². The average molecular weight is 551 g/mol. The van der Waals surface area contributed by atoms with E-state index in [0.29, 0.717) is 59.4 Å². The maximum atomic E-state index is 13.3. The number of amides is 2. The second kappa shape index (κ2) is 15.0. The number of para-hydroxylation sites is 1. The summed E-state index contributed by atoms with van der Waals surface area (Å²) in [5.74, 6) is 0.835. The van der Waals surface area contributed by atoms with Crippen LogP contribution in [0, 0.1) is 0 Å². The van der Waals surface area contributed by atoms with E-state index in [1.807, 2.05) is 32.9 Å². The Labute approximate surface area is 233 Å². The first-order chi connectivity index (χ1) is 19.4. The number of benzene rings is 3. The molecular weight excluding hydrogens is 516 g/mol. The van der Waals surface area contributed by atoms with Crippen molar-refractivity contribution in [1.82, 2.24) is 5.32 Å². The minimum absolute atomic E-state index is 0.161. The third kappa shape index (κ3) is 8.13. The molecule has 0 spiro atoms. The van der Waals surface area contributed by atoms with Crippen LogP contribution in [-0.4, -0.2) is 44.4 Å². The Morgan fingerprint density at radius 3 is 1.93 bits per heavy atom. The van der Waals surface area contributed by atoms with Crippen molar-refractivity contribution >= 4 is 23.7 Å². The second-order valence-electron chi connectivity index (χ2n) is 8.20. The molecule has 3 rings (SSSR count). The first-order valence-electron chi connectivity index (χ1n) is 13.1. The van der Waals surface area contributed by atoms with Crippen molar-refractivity contribution in [3.8, 4) is 23.0 Å². The van der Waals surface area contributed by atoms with Crippen LogP contribution in [0.25, 0.3) is 0 Å². The molecule has 0 heterocycles. The molecule has 0 bridgehead atoms. The first-order valence-corrected chi connectivity index (χ1v) is 13.1. The quantitative estimate of drug-likeness (QED) is 0.208. The van der Waals surface area contributed by atoms with Gasteiger partial charge < -0.3 is 34.3 Å². The van der Waals surface area contributed by atoms with E-state index >= 15 is 0 Å². The van der Waals surface area contributed by atoms with E-state index in [2.05, 4.69) is 10.6 Å². The Kier molecular flexibility index (Phi) is 11.2. The molecule has 0 saturated carbocycles. The van der Waals surface area contributed by atoms with Gasteiger partial charge in [-0.2, -0.15) is 0 Å². The number of hydrogen-bond acceptors (Lipinski definition) is 8. The van der Waals surface area contributed by atoms with Gasteiger partial charge in [0.15, 0.2) is 11.5 Å². The van der Waals surface area contributed by atoms with Crippen molar-refractivity contribution in [1.29, 1.82) is 0 Å². The molecule has 3 aromatic rings. The molecule has 10 heteroatoms. The van der Waals surface area contributed by atoms with Crippen molar-refractivity contribution in [3.05, 3.63) is 77.4 Å². The summed E-state index contributed by atoms with van der Waals surface area (Å²) in [6.07, 6.45) is -0.813. The van der Waals surface area contributed by atoms with Crippen LogP contribution in [-0.2, 0) is 11.3 Å². The highest BCUT2D eigenvalue weighted by atomic mass is 16.7. The summed E-state index contributed by atoms with van der Waals surface area (Å²) in [6.45, 7) is 8.78. The van der Waals surface area contributed by atoms with Crippen molar-refractivity contribution < 1.29 is 38.1 Å². The normalized spacial score (nSPS) is 10.3. The van der Waals surface area contributed by atoms with Gasteiger partial charge >= 0.3 is 6.16 Å². The molecule has 10 nitrogen and oxygen atoms in total. The molecule has 0 radical (unpaired) electrons. The standard InChI is InChI=1S/C30H34N2O8/c1-5-36-25-17-22(18-26(37-6-2)27(25)38-7-3)29(34)32-24-12-10-9-11-21(24)19-31-28(33)20-13-15-23(16-14-20)40-30(35)39-8-4/h9-18H,5-8,19H2,1-4H3,(H,31,33)(H,32,34). The molecule has 3 aromatic carbocycles. The van der Waals surface area contributed by atoms with Crippen molar-refractivity contribution in [2.45, 2.75) is 34.2 Å². The Hall–Kier alpha value is -4.73. The molecule has 0 saturated heterocycles. The molecule has 2 N–H and O–H groups in total. The van der Waals surface area contributed by atoms with E-state index in [9.17, 15) is 14.4 Å². The summed E-state index contributed by atoms with van der Waals surface area (Å²) in [7, 11) is 0. The smallest absolute Gasteiger partial charge is 0.490 e. The zero-order valence-electron chi connectivity index (χ0n) is 23.1. The van der Waals surface area contributed by atoms with Gasteiger partial charge in [-0.25, -0.2) is 4.79 Å². The van der Waals surface area contributed by atoms with Crippen LogP contribution in [0.4, 0.5) is 10.5 Å². The van der Waals surface area contributed by atoms with Gasteiger partial charge in [-0.1, -0.05) is 18.2 Å². The summed E-state index contributed by atoms with van der Waals surface area (Å²) < 4.78 is 26.9. The molecule has 0 atom stereocenters. The summed E-state index contributed by atoms with van der Waals surface area (Å²) in [4.78, 5) is 37.4. The summed E-state index contributed by atoms with van der Waals surface area (Å²) in [5, 5.41) is 5.76. The Bertz CT molecular complexity index is 1280. The highest BCUT2D eigenvalue weighted by Gasteiger charge is 2.19. The molecule has 0 aliphatic heterocycles. The highest BCUT2D eigenvalue weighted by Crippen LogP contribution is 2.39. The van der Waals surface area contributed by atoms with E-state index in [1.54, 1.807) is 31.2 Å². The summed E-state index contributed by atoms with van der Waals surface area (Å²) in [6, 6.07) is 16.5. The van der Waals surface area contributed by atoms with E-state index in [1.165, 1.54) is 24.3 Å². The molecule has 0 fully saturated rings. The molecular formula is C30H34N2O8. The number of ether oxygens (including phenoxy) is 5. The Balaban J connectivity index is 1.72. The highest BCUT2D eigenvalue weighted by molar-refractivity contribution is 6.05. The SMILES string of the molecule is CCOC(=O)Oc1ccc(C(=O)NCc2ccccc2NC(=O)c2cc(OCC)c(OCC)c(OCC)c2)cc1. The van der Waals surface area contributed by atoms with Crippen LogP contribution in [0.1, 0.15) is 54.0 Å². The molecule has 212 valence electrons. The Morgan fingerprint density at radius 1 is 0.700 bits per heavy atom. The minimum Gasteiger partial charge on any atom is -0.490 e. The maximum Gasteiger partial charge on any atom is 0.513 e. The fraction of sp³-hybridized carbons (Fsp3) is 0.300. The lowest BCUT2D eigenvalue weighted by atomic mass is 10.1. The lowest BCUT2D eigenvalue weighted by Gasteiger charge is -2.17. The van der Waals surface area contributed by atoms with Crippen LogP contribution in [0.2, 0.25) is 0 Å². The average Bonchev–Trinajstić information content (AvgIpc) is 2.94. The summed E-state index contributed by atoms with van der Waals surface area (Å²) >= 11 is 0. The first kappa shape index (κ1) is 29.8. The van der Waals surface area contributed by atoms with Crippen LogP contribution < -0.4 is 29.6 Å². The number of nitrogens with one attached hydrogen (secondary N) is 2.